The van der Waals surface area contributed by atoms with Gasteiger partial charge in [-0.05, 0) is 43.2 Å². The van der Waals surface area contributed by atoms with Crippen molar-refractivity contribution < 1.29 is 48.6 Å². The van der Waals surface area contributed by atoms with E-state index < -0.39 is 23.8 Å². The van der Waals surface area contributed by atoms with Crippen LogP contribution in [0, 0.1) is 0 Å². The Morgan fingerprint density at radius 2 is 1.71 bits per heavy atom. The van der Waals surface area contributed by atoms with E-state index in [1.165, 1.54) is 19.2 Å². The molecule has 11 nitrogen and oxygen atoms in total. The van der Waals surface area contributed by atoms with Crippen molar-refractivity contribution in [2.45, 2.75) is 31.3 Å². The van der Waals surface area contributed by atoms with E-state index in [0.717, 1.165) is 5.56 Å². The Morgan fingerprint density at radius 3 is 2.35 bits per heavy atom. The predicted octanol–water partition coefficient (Wildman–Crippen LogP) is 1.30. The van der Waals surface area contributed by atoms with E-state index in [0.29, 0.717) is 23.7 Å². The van der Waals surface area contributed by atoms with Gasteiger partial charge in [-0.25, -0.2) is 9.59 Å². The lowest BCUT2D eigenvalue weighted by Gasteiger charge is -2.19. The van der Waals surface area contributed by atoms with Gasteiger partial charge in [-0.1, -0.05) is 6.07 Å². The summed E-state index contributed by atoms with van der Waals surface area (Å²) < 4.78 is 26.3. The van der Waals surface area contributed by atoms with E-state index in [2.05, 4.69) is 5.32 Å². The highest BCUT2D eigenvalue weighted by Gasteiger charge is 2.57. The molecule has 2 aromatic rings. The van der Waals surface area contributed by atoms with Crippen LogP contribution in [0.4, 0.5) is 0 Å². The molecule has 0 saturated carbocycles. The first-order valence-electron chi connectivity index (χ1n) is 10.4. The van der Waals surface area contributed by atoms with Crippen LogP contribution in [0.15, 0.2) is 36.4 Å². The molecule has 11 heteroatoms. The molecule has 34 heavy (non-hydrogen) atoms. The summed E-state index contributed by atoms with van der Waals surface area (Å²) in [5.74, 6) is -4.65. The second kappa shape index (κ2) is 10.5. The fourth-order valence-corrected chi connectivity index (χ4v) is 3.34. The van der Waals surface area contributed by atoms with Gasteiger partial charge in [-0.15, -0.1) is 0 Å². The summed E-state index contributed by atoms with van der Waals surface area (Å²) in [7, 11) is 3.06. The van der Waals surface area contributed by atoms with Gasteiger partial charge in [0.2, 0.25) is 0 Å². The molecule has 184 valence electrons. The van der Waals surface area contributed by atoms with Crippen LogP contribution in [0.1, 0.15) is 12.5 Å². The Morgan fingerprint density at radius 1 is 1.00 bits per heavy atom. The van der Waals surface area contributed by atoms with Crippen LogP contribution in [-0.2, 0) is 16.0 Å². The number of hydrogen-bond donors (Lipinski definition) is 4. The number of carboxylic acids is 2. The number of nitrogens with one attached hydrogen (secondary N) is 1. The van der Waals surface area contributed by atoms with Gasteiger partial charge in [-0.3, -0.25) is 0 Å². The maximum absolute atomic E-state index is 11.4. The van der Waals surface area contributed by atoms with Gasteiger partial charge in [0.25, 0.3) is 0 Å². The van der Waals surface area contributed by atoms with Crippen molar-refractivity contribution in [2.75, 3.05) is 27.4 Å². The Balaban J connectivity index is 1.51. The normalized spacial score (nSPS) is 15.3. The molecule has 0 amide bonds. The molecule has 1 aliphatic heterocycles. The van der Waals surface area contributed by atoms with E-state index in [1.807, 2.05) is 6.92 Å². The lowest BCUT2D eigenvalue weighted by Crippen LogP contribution is -2.54. The summed E-state index contributed by atoms with van der Waals surface area (Å²) in [6.07, 6.45) is -0.303. The van der Waals surface area contributed by atoms with Crippen LogP contribution in [0.25, 0.3) is 0 Å². The molecule has 0 radical (unpaired) electrons. The number of aliphatic hydroxyl groups is 1. The molecule has 1 aliphatic rings. The summed E-state index contributed by atoms with van der Waals surface area (Å²) in [5, 5.41) is 31.9. The molecule has 2 aromatic carbocycles. The maximum Gasteiger partial charge on any atom is 0.453 e. The van der Waals surface area contributed by atoms with Gasteiger partial charge in [0.1, 0.15) is 18.5 Å². The first-order chi connectivity index (χ1) is 16.2. The molecule has 0 spiro atoms. The van der Waals surface area contributed by atoms with Crippen LogP contribution >= 0.6 is 0 Å². The van der Waals surface area contributed by atoms with E-state index in [9.17, 15) is 24.9 Å². The fraction of sp³-hybridized carbons (Fsp3) is 0.391. The zero-order valence-corrected chi connectivity index (χ0v) is 18.9. The van der Waals surface area contributed by atoms with E-state index in [4.69, 9.17) is 23.7 Å². The second-order valence-electron chi connectivity index (χ2n) is 7.71. The average Bonchev–Trinajstić information content (AvgIpc) is 3.22. The molecular weight excluding hydrogens is 450 g/mol. The SMILES string of the molecule is COc1ccc(OC)c(OCC(O)CNC(C)Cc2ccc3c(c2)OC(C(=O)O)(C(=O)O)O3)c1. The van der Waals surface area contributed by atoms with Crippen molar-refractivity contribution >= 4 is 11.9 Å². The molecule has 2 unspecified atom stereocenters. The van der Waals surface area contributed by atoms with Crippen LogP contribution < -0.4 is 29.0 Å². The van der Waals surface area contributed by atoms with Crippen molar-refractivity contribution in [1.82, 2.24) is 5.32 Å². The van der Waals surface area contributed by atoms with E-state index in [-0.39, 0.29) is 30.7 Å². The predicted molar refractivity (Wildman–Crippen MR) is 118 cm³/mol. The highest BCUT2D eigenvalue weighted by atomic mass is 16.8. The first-order valence-corrected chi connectivity index (χ1v) is 10.4. The van der Waals surface area contributed by atoms with Crippen molar-refractivity contribution in [3.05, 3.63) is 42.0 Å². The molecule has 4 N–H and O–H groups in total. The monoisotopic (exact) mass is 477 g/mol. The Hall–Kier alpha value is -3.70. The van der Waals surface area contributed by atoms with Gasteiger partial charge >= 0.3 is 17.7 Å². The molecule has 3 rings (SSSR count). The molecule has 2 atom stereocenters. The second-order valence-corrected chi connectivity index (χ2v) is 7.71. The summed E-state index contributed by atoms with van der Waals surface area (Å²) in [6, 6.07) is 9.74. The molecule has 0 aromatic heterocycles. The largest absolute Gasteiger partial charge is 0.497 e. The number of methoxy groups -OCH3 is 2. The minimum Gasteiger partial charge on any atom is -0.497 e. The third-order valence-electron chi connectivity index (χ3n) is 5.12. The Bertz CT molecular complexity index is 1030. The maximum atomic E-state index is 11.4. The minimum atomic E-state index is -2.79. The zero-order valence-electron chi connectivity index (χ0n) is 18.9. The Labute approximate surface area is 195 Å². The molecule has 0 fully saturated rings. The summed E-state index contributed by atoms with van der Waals surface area (Å²) in [4.78, 5) is 22.7. The molecule has 0 bridgehead atoms. The number of carbonyl (C=O) groups is 2. The van der Waals surface area contributed by atoms with Crippen molar-refractivity contribution in [3.8, 4) is 28.7 Å². The number of benzene rings is 2. The van der Waals surface area contributed by atoms with Gasteiger partial charge in [0, 0.05) is 18.7 Å². The van der Waals surface area contributed by atoms with Crippen molar-refractivity contribution in [2.24, 2.45) is 0 Å². The topological polar surface area (TPSA) is 153 Å². The number of rotatable bonds is 12. The highest BCUT2D eigenvalue weighted by molar-refractivity contribution is 6.01. The fourth-order valence-electron chi connectivity index (χ4n) is 3.34. The lowest BCUT2D eigenvalue weighted by molar-refractivity contribution is -0.194. The van der Waals surface area contributed by atoms with E-state index >= 15 is 0 Å². The molecule has 0 aliphatic carbocycles. The van der Waals surface area contributed by atoms with Crippen molar-refractivity contribution in [1.29, 1.82) is 0 Å². The van der Waals surface area contributed by atoms with Crippen LogP contribution in [0.3, 0.4) is 0 Å². The van der Waals surface area contributed by atoms with Gasteiger partial charge in [0.15, 0.2) is 23.0 Å². The van der Waals surface area contributed by atoms with Crippen LogP contribution in [-0.4, -0.2) is 72.6 Å². The third kappa shape index (κ3) is 5.43. The standard InChI is InChI=1S/C23H27NO10/c1-13(24-11-15(25)12-32-19-10-16(30-2)5-7-17(19)31-3)8-14-4-6-18-20(9-14)34-23(33-18,21(26)27)22(28)29/h4-7,9-10,13,15,24-25H,8,11-12H2,1-3H3,(H,26,27)(H,28,29). The number of hydrogen-bond acceptors (Lipinski definition) is 9. The van der Waals surface area contributed by atoms with Gasteiger partial charge < -0.3 is 44.3 Å². The Kier molecular flexibility index (Phi) is 7.69. The molecular formula is C23H27NO10. The number of carboxylic acid groups (broad SMARTS) is 2. The van der Waals surface area contributed by atoms with Gasteiger partial charge in [0.05, 0.1) is 14.2 Å². The van der Waals surface area contributed by atoms with Crippen LogP contribution in [0.5, 0.6) is 28.7 Å². The minimum absolute atomic E-state index is 0.0275. The van der Waals surface area contributed by atoms with Crippen LogP contribution in [0.2, 0.25) is 0 Å². The van der Waals surface area contributed by atoms with E-state index in [1.54, 1.807) is 31.4 Å². The zero-order chi connectivity index (χ0) is 24.9. The number of aliphatic carboxylic acids is 2. The molecule has 0 saturated heterocycles. The highest BCUT2D eigenvalue weighted by Crippen LogP contribution is 2.40. The summed E-state index contributed by atoms with van der Waals surface area (Å²) in [5.41, 5.74) is 0.765. The lowest BCUT2D eigenvalue weighted by atomic mass is 10.1. The number of ether oxygens (including phenoxy) is 5. The summed E-state index contributed by atoms with van der Waals surface area (Å²) in [6.45, 7) is 2.18. The number of fused-ring (bicyclic) bond motifs is 1. The quantitative estimate of drug-likeness (QED) is 0.327. The van der Waals surface area contributed by atoms with Gasteiger partial charge in [-0.2, -0.15) is 0 Å². The molecule has 1 heterocycles. The number of aliphatic hydroxyl groups excluding tert-OH is 1. The third-order valence-corrected chi connectivity index (χ3v) is 5.12. The average molecular weight is 477 g/mol. The van der Waals surface area contributed by atoms with Crippen molar-refractivity contribution in [3.63, 3.8) is 0 Å². The smallest absolute Gasteiger partial charge is 0.453 e. The first kappa shape index (κ1) is 24.9. The summed E-state index contributed by atoms with van der Waals surface area (Å²) >= 11 is 0.